The Balaban J connectivity index is 0.000000249. The van der Waals surface area contributed by atoms with Crippen molar-refractivity contribution in [1.29, 1.82) is 0 Å². The Morgan fingerprint density at radius 1 is 0.337 bits per heavy atom. The van der Waals surface area contributed by atoms with E-state index in [0.717, 1.165) is 40.3 Å². The van der Waals surface area contributed by atoms with Crippen molar-refractivity contribution in [1.82, 2.24) is 34.9 Å². The summed E-state index contributed by atoms with van der Waals surface area (Å²) < 4.78 is 150. The Morgan fingerprint density at radius 3 is 0.941 bits per heavy atom. The predicted octanol–water partition coefficient (Wildman–Crippen LogP) is 13.9. The van der Waals surface area contributed by atoms with E-state index in [-0.39, 0.29) is 128 Å². The fourth-order valence-electron chi connectivity index (χ4n) is 8.76. The van der Waals surface area contributed by atoms with Gasteiger partial charge in [0.1, 0.15) is 19.6 Å². The summed E-state index contributed by atoms with van der Waals surface area (Å²) in [6.45, 7) is 0. The molecule has 0 saturated carbocycles. The van der Waals surface area contributed by atoms with E-state index in [1.54, 1.807) is 122 Å². The third-order valence-electron chi connectivity index (χ3n) is 13.2. The molecule has 20 nitrogen and oxygen atoms in total. The predicted molar refractivity (Wildman–Crippen MR) is 366 cm³/mol. The largest absolute Gasteiger partial charge is 0.378 e. The minimum atomic E-state index is -4.19. The third kappa shape index (κ3) is 25.2. The molecular formula is C71H55F2Ir4N8O12S4-3. The number of hydrogen-bond donors (Lipinski definition) is 4. The summed E-state index contributed by atoms with van der Waals surface area (Å²) in [5, 5.41) is 2.73. The van der Waals surface area contributed by atoms with Gasteiger partial charge in [-0.2, -0.15) is 33.7 Å². The molecule has 0 saturated heterocycles. The van der Waals surface area contributed by atoms with Crippen LogP contribution in [0.2, 0.25) is 0 Å². The Bertz CT molecular complexity index is 4860. The molecule has 4 radical (unpaired) electrons. The summed E-state index contributed by atoms with van der Waals surface area (Å²) in [5.74, 6) is -1.30. The average Bonchev–Trinajstić information content (AvgIpc) is 0.823. The monoisotopic (exact) mass is 2150 g/mol. The fraction of sp³-hybridized carbons (Fsp3) is 0.0282. The van der Waals surface area contributed by atoms with Gasteiger partial charge in [-0.3, -0.25) is 46.9 Å². The maximum atomic E-state index is 13.5. The molecule has 0 spiro atoms. The molecule has 0 amide bonds. The minimum Gasteiger partial charge on any atom is -0.378 e. The summed E-state index contributed by atoms with van der Waals surface area (Å²) in [4.78, 5) is 29.4. The van der Waals surface area contributed by atoms with E-state index in [1.807, 2.05) is 110 Å². The van der Waals surface area contributed by atoms with Gasteiger partial charge in [0, 0.05) is 177 Å². The number of pyridine rings is 7. The summed E-state index contributed by atoms with van der Waals surface area (Å²) in [6.07, 6.45) is 11.1. The van der Waals surface area contributed by atoms with Gasteiger partial charge in [-0.1, -0.05) is 115 Å². The first-order valence-corrected chi connectivity index (χ1v) is 34.1. The van der Waals surface area contributed by atoms with Crippen molar-refractivity contribution in [3.63, 3.8) is 0 Å². The molecule has 101 heavy (non-hydrogen) atoms. The van der Waals surface area contributed by atoms with Crippen LogP contribution in [-0.4, -0.2) is 101 Å². The van der Waals surface area contributed by atoms with Gasteiger partial charge in [-0.25, -0.2) is 0 Å². The minimum absolute atomic E-state index is 0. The van der Waals surface area contributed by atoms with E-state index in [4.69, 9.17) is 18.2 Å². The van der Waals surface area contributed by atoms with Crippen LogP contribution in [0.1, 0.15) is 0 Å². The number of benzene rings is 7. The van der Waals surface area contributed by atoms with E-state index in [2.05, 4.69) is 53.1 Å². The van der Waals surface area contributed by atoms with Gasteiger partial charge < -0.3 is 19.9 Å². The Kier molecular flexibility index (Phi) is 33.8. The molecule has 4 N–H and O–H groups in total. The normalized spacial score (nSPS) is 10.6. The Morgan fingerprint density at radius 2 is 0.653 bits per heavy atom. The fourth-order valence-corrected chi connectivity index (χ4v) is 11.4. The van der Waals surface area contributed by atoms with E-state index in [9.17, 15) is 42.5 Å². The number of hydrogen-bond acceptors (Lipinski definition) is 16. The topological polar surface area (TPSA) is 311 Å². The summed E-state index contributed by atoms with van der Waals surface area (Å²) in [5.41, 5.74) is 6.69. The van der Waals surface area contributed by atoms with Gasteiger partial charge in [0.05, 0.1) is 22.1 Å². The van der Waals surface area contributed by atoms with Crippen LogP contribution in [-0.2, 0) is 121 Å². The first kappa shape index (κ1) is 84.9. The zero-order valence-electron chi connectivity index (χ0n) is 52.3. The van der Waals surface area contributed by atoms with Gasteiger partial charge in [0.15, 0.2) is 0 Å². The number of anilines is 1. The molecule has 0 aliphatic rings. The van der Waals surface area contributed by atoms with Crippen LogP contribution >= 0.6 is 0 Å². The standard InChI is InChI=1S/C13H11F2N2.2C11H8N.4C9H7NO3S.4Ir/c1-17(2)10-5-6-16-13(8-10)11-4-3-9(14)7-12(11)15;2*1-2-6-10(7-3-1)11-8-4-5-9-12-11;4*11-14(12,13)8-5-1-3-7-4-2-6-10-9(7)8;;;;/h3,5-8H,1-2H3;2*1-6,8-9H;4*1-6H,(H,11,12,13);;;;/q3*-1;;;;;;;;. The number of halogens is 2. The second-order valence-corrected chi connectivity index (χ2v) is 25.6. The van der Waals surface area contributed by atoms with Crippen molar-refractivity contribution in [3.05, 3.63) is 304 Å². The van der Waals surface area contributed by atoms with Gasteiger partial charge in [-0.15, -0.1) is 83.9 Å². The van der Waals surface area contributed by atoms with Crippen LogP contribution in [0.4, 0.5) is 14.5 Å². The van der Waals surface area contributed by atoms with Crippen molar-refractivity contribution in [2.24, 2.45) is 0 Å². The van der Waals surface area contributed by atoms with Gasteiger partial charge in [-0.05, 0) is 83.8 Å². The van der Waals surface area contributed by atoms with Gasteiger partial charge in [0.25, 0.3) is 40.5 Å². The van der Waals surface area contributed by atoms with Crippen LogP contribution in [0.5, 0.6) is 0 Å². The number of rotatable bonds is 8. The third-order valence-corrected chi connectivity index (χ3v) is 16.7. The molecule has 14 rings (SSSR count). The van der Waals surface area contributed by atoms with Crippen molar-refractivity contribution in [2.75, 3.05) is 19.0 Å². The number of fused-ring (bicyclic) bond motifs is 4. The maximum Gasteiger partial charge on any atom is 0.296 e. The smallest absolute Gasteiger partial charge is 0.296 e. The molecule has 0 fully saturated rings. The van der Waals surface area contributed by atoms with Crippen molar-refractivity contribution >= 4 is 89.8 Å². The van der Waals surface area contributed by atoms with E-state index < -0.39 is 52.1 Å². The Labute approximate surface area is 635 Å². The molecule has 7 aromatic heterocycles. The van der Waals surface area contributed by atoms with Gasteiger partial charge in [0.2, 0.25) is 0 Å². The molecule has 0 atom stereocenters. The molecule has 528 valence electrons. The average molecular weight is 2150 g/mol. The second kappa shape index (κ2) is 40.2. The summed E-state index contributed by atoms with van der Waals surface area (Å²) in [6, 6.07) is 73.9. The van der Waals surface area contributed by atoms with Crippen LogP contribution in [0.15, 0.2) is 293 Å². The molecule has 0 unspecified atom stereocenters. The van der Waals surface area contributed by atoms with Crippen LogP contribution < -0.4 is 4.90 Å². The molecule has 14 aromatic rings. The second-order valence-electron chi connectivity index (χ2n) is 20.0. The first-order chi connectivity index (χ1) is 46.4. The molecule has 0 bridgehead atoms. The van der Waals surface area contributed by atoms with Crippen LogP contribution in [0, 0.1) is 29.8 Å². The zero-order valence-corrected chi connectivity index (χ0v) is 65.2. The summed E-state index contributed by atoms with van der Waals surface area (Å²) >= 11 is 0. The molecule has 0 aliphatic heterocycles. The van der Waals surface area contributed by atoms with Crippen molar-refractivity contribution in [2.45, 2.75) is 19.6 Å². The van der Waals surface area contributed by atoms with Crippen LogP contribution in [0.3, 0.4) is 0 Å². The molecule has 0 aliphatic carbocycles. The van der Waals surface area contributed by atoms with Crippen molar-refractivity contribution < 1.29 is 141 Å². The number of aromatic nitrogens is 7. The van der Waals surface area contributed by atoms with Crippen LogP contribution in [0.25, 0.3) is 77.4 Å². The summed E-state index contributed by atoms with van der Waals surface area (Å²) in [7, 11) is -13.0. The quantitative estimate of drug-likeness (QED) is 0.0811. The molecule has 7 aromatic carbocycles. The van der Waals surface area contributed by atoms with E-state index in [0.29, 0.717) is 27.2 Å². The first-order valence-electron chi connectivity index (χ1n) is 28.4. The molecular weight excluding hydrogens is 2090 g/mol. The van der Waals surface area contributed by atoms with Gasteiger partial charge >= 0.3 is 0 Å². The Hall–Kier alpha value is -8.47. The SMILES string of the molecule is CN(C)c1ccnc(-c2[c-]cc(F)cc2F)c1.O=S(=O)(O)c1cccc2cccnc12.O=S(=O)(O)c1cccc2cccnc12.O=S(=O)(O)c1cccc2cccnc12.O=S(=O)(O)c1cccc2cccnc12.[Ir].[Ir].[Ir].[Ir].[c-]1ccccc1-c1ccccn1.[c-]1ccccc1-c1ccccn1. The zero-order chi connectivity index (χ0) is 69.6. The molecule has 7 heterocycles. The van der Waals surface area contributed by atoms with Crippen molar-refractivity contribution in [3.8, 4) is 33.8 Å². The number of para-hydroxylation sites is 4. The van der Waals surface area contributed by atoms with E-state index in [1.165, 1.54) is 49.1 Å². The molecule has 30 heteroatoms. The van der Waals surface area contributed by atoms with E-state index >= 15 is 0 Å². The maximum absolute atomic E-state index is 13.5. The number of nitrogens with zero attached hydrogens (tertiary/aromatic N) is 8.